The lowest BCUT2D eigenvalue weighted by atomic mass is 10.1. The van der Waals surface area contributed by atoms with Crippen LogP contribution in [-0.4, -0.2) is 20.3 Å². The molecule has 3 heteroatoms. The van der Waals surface area contributed by atoms with Gasteiger partial charge in [0.1, 0.15) is 0 Å². The van der Waals surface area contributed by atoms with E-state index in [-0.39, 0.29) is 0 Å². The van der Waals surface area contributed by atoms with Crippen LogP contribution in [0.3, 0.4) is 0 Å². The zero-order valence-electron chi connectivity index (χ0n) is 7.85. The maximum absolute atomic E-state index is 9.82. The molecule has 1 fully saturated rings. The number of hydrogen-bond acceptors (Lipinski definition) is 2. The first-order chi connectivity index (χ1) is 6.77. The van der Waals surface area contributed by atoms with Crippen LogP contribution >= 0.6 is 0 Å². The van der Waals surface area contributed by atoms with Gasteiger partial charge in [-0.15, -0.1) is 0 Å². The lowest BCUT2D eigenvalue weighted by Crippen LogP contribution is -2.10. The molecule has 72 valence electrons. The first-order valence-electron chi connectivity index (χ1n) is 4.91. The van der Waals surface area contributed by atoms with E-state index in [0.717, 1.165) is 30.3 Å². The quantitative estimate of drug-likeness (QED) is 0.773. The summed E-state index contributed by atoms with van der Waals surface area (Å²) in [6.45, 7) is 0. The van der Waals surface area contributed by atoms with Gasteiger partial charge in [0, 0.05) is 18.2 Å². The van der Waals surface area contributed by atoms with Crippen LogP contribution in [-0.2, 0) is 6.42 Å². The largest absolute Gasteiger partial charge is 0.390 e. The Hall–Kier alpha value is -1.35. The second kappa shape index (κ2) is 2.58. The van der Waals surface area contributed by atoms with E-state index in [9.17, 15) is 5.11 Å². The lowest BCUT2D eigenvalue weighted by molar-refractivity contribution is 0.151. The van der Waals surface area contributed by atoms with Crippen molar-refractivity contribution in [1.29, 1.82) is 0 Å². The second-order valence-electron chi connectivity index (χ2n) is 4.10. The van der Waals surface area contributed by atoms with Gasteiger partial charge in [-0.05, 0) is 25.0 Å². The molecule has 0 unspecified atom stereocenters. The predicted octanol–water partition coefficient (Wildman–Crippen LogP) is 1.40. The molecule has 1 aliphatic carbocycles. The van der Waals surface area contributed by atoms with Crippen molar-refractivity contribution in [1.82, 2.24) is 9.61 Å². The van der Waals surface area contributed by atoms with Crippen LogP contribution in [0.15, 0.2) is 30.6 Å². The average molecular weight is 188 g/mol. The molecule has 0 saturated heterocycles. The second-order valence-corrected chi connectivity index (χ2v) is 4.10. The summed E-state index contributed by atoms with van der Waals surface area (Å²) in [5.74, 6) is 0. The Labute approximate surface area is 82.0 Å². The molecule has 0 spiro atoms. The van der Waals surface area contributed by atoms with Crippen molar-refractivity contribution in [2.75, 3.05) is 0 Å². The molecule has 1 aliphatic rings. The lowest BCUT2D eigenvalue weighted by Gasteiger charge is -2.04. The summed E-state index contributed by atoms with van der Waals surface area (Å²) in [6.07, 6.45) is 6.37. The SMILES string of the molecule is OC1(Cc2cnn3ccccc23)CC1. The van der Waals surface area contributed by atoms with Crippen LogP contribution < -0.4 is 0 Å². The number of rotatable bonds is 2. The van der Waals surface area contributed by atoms with Crippen molar-refractivity contribution in [3.63, 3.8) is 0 Å². The molecule has 0 aliphatic heterocycles. The Kier molecular flexibility index (Phi) is 1.47. The molecule has 0 amide bonds. The Morgan fingerprint density at radius 3 is 3.07 bits per heavy atom. The third-order valence-electron chi connectivity index (χ3n) is 2.85. The number of aromatic nitrogens is 2. The summed E-state index contributed by atoms with van der Waals surface area (Å²) in [5, 5.41) is 14.1. The zero-order chi connectivity index (χ0) is 9.60. The van der Waals surface area contributed by atoms with E-state index in [1.807, 2.05) is 35.1 Å². The molecule has 2 heterocycles. The van der Waals surface area contributed by atoms with E-state index < -0.39 is 5.60 Å². The van der Waals surface area contributed by atoms with Gasteiger partial charge in [-0.2, -0.15) is 5.10 Å². The Bertz CT molecular complexity index is 471. The summed E-state index contributed by atoms with van der Waals surface area (Å²) in [6, 6.07) is 5.99. The van der Waals surface area contributed by atoms with Gasteiger partial charge in [0.05, 0.1) is 17.3 Å². The molecule has 0 bridgehead atoms. The number of fused-ring (bicyclic) bond motifs is 1. The van der Waals surface area contributed by atoms with Crippen molar-refractivity contribution >= 4 is 5.52 Å². The van der Waals surface area contributed by atoms with E-state index in [1.165, 1.54) is 0 Å². The Morgan fingerprint density at radius 2 is 2.29 bits per heavy atom. The number of nitrogens with zero attached hydrogens (tertiary/aromatic N) is 2. The van der Waals surface area contributed by atoms with Crippen LogP contribution in [0.2, 0.25) is 0 Å². The van der Waals surface area contributed by atoms with Crippen molar-refractivity contribution in [2.24, 2.45) is 0 Å². The fourth-order valence-electron chi connectivity index (χ4n) is 1.80. The minimum atomic E-state index is -0.431. The van der Waals surface area contributed by atoms with E-state index in [0.29, 0.717) is 0 Å². The molecule has 0 atom stereocenters. The highest BCUT2D eigenvalue weighted by Crippen LogP contribution is 2.38. The first kappa shape index (κ1) is 8.00. The third kappa shape index (κ3) is 1.21. The van der Waals surface area contributed by atoms with Gasteiger partial charge in [0.15, 0.2) is 0 Å². The highest BCUT2D eigenvalue weighted by Gasteiger charge is 2.40. The number of aliphatic hydroxyl groups is 1. The molecule has 14 heavy (non-hydrogen) atoms. The van der Waals surface area contributed by atoms with Crippen molar-refractivity contribution in [3.05, 3.63) is 36.2 Å². The van der Waals surface area contributed by atoms with Crippen LogP contribution in [0, 0.1) is 0 Å². The number of pyridine rings is 1. The van der Waals surface area contributed by atoms with Gasteiger partial charge in [-0.3, -0.25) is 0 Å². The van der Waals surface area contributed by atoms with Crippen LogP contribution in [0.4, 0.5) is 0 Å². The van der Waals surface area contributed by atoms with E-state index in [1.54, 1.807) is 0 Å². The molecule has 1 N–H and O–H groups in total. The molecule has 0 aromatic carbocycles. The van der Waals surface area contributed by atoms with Gasteiger partial charge in [0.25, 0.3) is 0 Å². The summed E-state index contributed by atoms with van der Waals surface area (Å²) in [7, 11) is 0. The van der Waals surface area contributed by atoms with E-state index in [4.69, 9.17) is 0 Å². The van der Waals surface area contributed by atoms with Gasteiger partial charge < -0.3 is 5.11 Å². The van der Waals surface area contributed by atoms with E-state index in [2.05, 4.69) is 5.10 Å². The zero-order valence-corrected chi connectivity index (χ0v) is 7.85. The van der Waals surface area contributed by atoms with Crippen molar-refractivity contribution in [2.45, 2.75) is 24.9 Å². The van der Waals surface area contributed by atoms with Crippen LogP contribution in [0.1, 0.15) is 18.4 Å². The smallest absolute Gasteiger partial charge is 0.0694 e. The molecule has 2 aromatic rings. The fourth-order valence-corrected chi connectivity index (χ4v) is 1.80. The molecule has 1 saturated carbocycles. The Balaban J connectivity index is 2.04. The van der Waals surface area contributed by atoms with Crippen molar-refractivity contribution < 1.29 is 5.11 Å². The third-order valence-corrected chi connectivity index (χ3v) is 2.85. The van der Waals surface area contributed by atoms with Gasteiger partial charge in [-0.1, -0.05) is 6.07 Å². The average Bonchev–Trinajstić information content (AvgIpc) is 2.77. The van der Waals surface area contributed by atoms with Crippen LogP contribution in [0.25, 0.3) is 5.52 Å². The molecular weight excluding hydrogens is 176 g/mol. The fraction of sp³-hybridized carbons (Fsp3) is 0.364. The molecule has 3 nitrogen and oxygen atoms in total. The Morgan fingerprint density at radius 1 is 1.43 bits per heavy atom. The minimum absolute atomic E-state index is 0.431. The van der Waals surface area contributed by atoms with Crippen molar-refractivity contribution in [3.8, 4) is 0 Å². The maximum atomic E-state index is 9.82. The minimum Gasteiger partial charge on any atom is -0.390 e. The summed E-state index contributed by atoms with van der Waals surface area (Å²) in [4.78, 5) is 0. The summed E-state index contributed by atoms with van der Waals surface area (Å²) >= 11 is 0. The van der Waals surface area contributed by atoms with Gasteiger partial charge in [-0.25, -0.2) is 4.52 Å². The molecule has 3 rings (SSSR count). The van der Waals surface area contributed by atoms with Crippen LogP contribution in [0.5, 0.6) is 0 Å². The highest BCUT2D eigenvalue weighted by atomic mass is 16.3. The van der Waals surface area contributed by atoms with E-state index >= 15 is 0 Å². The van der Waals surface area contributed by atoms with Gasteiger partial charge >= 0.3 is 0 Å². The normalized spacial score (nSPS) is 18.6. The number of hydrogen-bond donors (Lipinski definition) is 1. The summed E-state index contributed by atoms with van der Waals surface area (Å²) < 4.78 is 1.85. The standard InChI is InChI=1S/C11H12N2O/c14-11(4-5-11)7-9-8-12-13-6-2-1-3-10(9)13/h1-3,6,8,14H,4-5,7H2. The molecule has 0 radical (unpaired) electrons. The molecular formula is C11H12N2O. The topological polar surface area (TPSA) is 37.5 Å². The predicted molar refractivity (Wildman–Crippen MR) is 53.1 cm³/mol. The van der Waals surface area contributed by atoms with Gasteiger partial charge in [0.2, 0.25) is 0 Å². The highest BCUT2D eigenvalue weighted by molar-refractivity contribution is 5.54. The maximum Gasteiger partial charge on any atom is 0.0694 e. The first-order valence-corrected chi connectivity index (χ1v) is 4.91. The molecule has 2 aromatic heterocycles. The summed E-state index contributed by atoms with van der Waals surface area (Å²) in [5.41, 5.74) is 1.82. The monoisotopic (exact) mass is 188 g/mol.